The highest BCUT2D eigenvalue weighted by atomic mass is 32.1. The van der Waals surface area contributed by atoms with E-state index < -0.39 is 0 Å². The summed E-state index contributed by atoms with van der Waals surface area (Å²) in [6.07, 6.45) is 0. The molecule has 0 aliphatic rings. The molecule has 1 heterocycles. The van der Waals surface area contributed by atoms with Gasteiger partial charge >= 0.3 is 0 Å². The van der Waals surface area contributed by atoms with Crippen molar-refractivity contribution in [3.63, 3.8) is 0 Å². The van der Waals surface area contributed by atoms with Gasteiger partial charge in [-0.25, -0.2) is 0 Å². The predicted octanol–water partition coefficient (Wildman–Crippen LogP) is 4.13. The quantitative estimate of drug-likeness (QED) is 0.780. The number of nitrogens with one attached hydrogen (secondary N) is 1. The molecule has 0 radical (unpaired) electrons. The van der Waals surface area contributed by atoms with Crippen LogP contribution in [-0.4, -0.2) is 6.54 Å². The molecule has 0 amide bonds. The van der Waals surface area contributed by atoms with Gasteiger partial charge in [-0.2, -0.15) is 0 Å². The molecule has 2 aromatic rings. The Bertz CT molecular complexity index is 498. The first-order valence-corrected chi connectivity index (χ1v) is 6.47. The van der Waals surface area contributed by atoms with Crippen LogP contribution < -0.4 is 5.32 Å². The summed E-state index contributed by atoms with van der Waals surface area (Å²) in [5.41, 5.74) is 2.53. The SMILES string of the molecule is C=C(C)C(NCC)c1csc2ccccc12. The maximum Gasteiger partial charge on any atom is 0.0545 e. The highest BCUT2D eigenvalue weighted by Crippen LogP contribution is 2.32. The molecule has 1 aromatic heterocycles. The smallest absolute Gasteiger partial charge is 0.0545 e. The van der Waals surface area contributed by atoms with Gasteiger partial charge in [0.1, 0.15) is 0 Å². The van der Waals surface area contributed by atoms with Crippen molar-refractivity contribution in [3.8, 4) is 0 Å². The summed E-state index contributed by atoms with van der Waals surface area (Å²) >= 11 is 1.80. The summed E-state index contributed by atoms with van der Waals surface area (Å²) in [6, 6.07) is 8.83. The summed E-state index contributed by atoms with van der Waals surface area (Å²) in [5.74, 6) is 0. The molecule has 0 spiro atoms. The molecular weight excluding hydrogens is 214 g/mol. The minimum Gasteiger partial charge on any atom is -0.307 e. The van der Waals surface area contributed by atoms with Crippen LogP contribution >= 0.6 is 11.3 Å². The molecular formula is C14H17NS. The first-order chi connectivity index (χ1) is 7.74. The second kappa shape index (κ2) is 4.81. The number of fused-ring (bicyclic) bond motifs is 1. The molecule has 0 aliphatic carbocycles. The van der Waals surface area contributed by atoms with Gasteiger partial charge in [0.25, 0.3) is 0 Å². The lowest BCUT2D eigenvalue weighted by atomic mass is 10.0. The van der Waals surface area contributed by atoms with E-state index in [1.54, 1.807) is 11.3 Å². The maximum absolute atomic E-state index is 4.08. The molecule has 0 aliphatic heterocycles. The van der Waals surface area contributed by atoms with Gasteiger partial charge in [0, 0.05) is 4.70 Å². The van der Waals surface area contributed by atoms with Crippen LogP contribution in [0, 0.1) is 0 Å². The third-order valence-electron chi connectivity index (χ3n) is 2.72. The molecule has 0 bridgehead atoms. The minimum atomic E-state index is 0.279. The number of thiophene rings is 1. The van der Waals surface area contributed by atoms with Gasteiger partial charge in [-0.05, 0) is 35.9 Å². The second-order valence-corrected chi connectivity index (χ2v) is 4.94. The standard InChI is InChI=1S/C14H17NS/c1-4-15-14(10(2)3)12-9-16-13-8-6-5-7-11(12)13/h5-9,14-15H,2,4H2,1,3H3. The van der Waals surface area contributed by atoms with Crippen molar-refractivity contribution < 1.29 is 0 Å². The lowest BCUT2D eigenvalue weighted by Gasteiger charge is -2.17. The van der Waals surface area contributed by atoms with Crippen molar-refractivity contribution in [2.24, 2.45) is 0 Å². The summed E-state index contributed by atoms with van der Waals surface area (Å²) in [6.45, 7) is 9.25. The van der Waals surface area contributed by atoms with Crippen LogP contribution in [0.3, 0.4) is 0 Å². The van der Waals surface area contributed by atoms with Crippen molar-refractivity contribution in [2.45, 2.75) is 19.9 Å². The summed E-state index contributed by atoms with van der Waals surface area (Å²) in [7, 11) is 0. The molecule has 16 heavy (non-hydrogen) atoms. The Hall–Kier alpha value is -1.12. The predicted molar refractivity (Wildman–Crippen MR) is 73.1 cm³/mol. The van der Waals surface area contributed by atoms with Gasteiger partial charge in [0.15, 0.2) is 0 Å². The van der Waals surface area contributed by atoms with E-state index in [2.05, 4.69) is 55.4 Å². The highest BCUT2D eigenvalue weighted by Gasteiger charge is 2.14. The Morgan fingerprint density at radius 1 is 1.44 bits per heavy atom. The Balaban J connectivity index is 2.48. The molecule has 1 unspecified atom stereocenters. The van der Waals surface area contributed by atoms with Crippen LogP contribution in [0.1, 0.15) is 25.5 Å². The van der Waals surface area contributed by atoms with Gasteiger partial charge in [0.2, 0.25) is 0 Å². The summed E-state index contributed by atoms with van der Waals surface area (Å²) in [4.78, 5) is 0. The Morgan fingerprint density at radius 3 is 2.88 bits per heavy atom. The van der Waals surface area contributed by atoms with Crippen LogP contribution in [0.4, 0.5) is 0 Å². The molecule has 0 fully saturated rings. The zero-order chi connectivity index (χ0) is 11.5. The first-order valence-electron chi connectivity index (χ1n) is 5.59. The zero-order valence-corrected chi connectivity index (χ0v) is 10.6. The molecule has 1 atom stereocenters. The average molecular weight is 231 g/mol. The third kappa shape index (κ3) is 2.04. The van der Waals surface area contributed by atoms with Crippen molar-refractivity contribution >= 4 is 21.4 Å². The number of benzene rings is 1. The van der Waals surface area contributed by atoms with E-state index in [0.717, 1.165) is 6.54 Å². The fourth-order valence-corrected chi connectivity index (χ4v) is 2.96. The van der Waals surface area contributed by atoms with Crippen LogP contribution in [-0.2, 0) is 0 Å². The molecule has 0 saturated heterocycles. The summed E-state index contributed by atoms with van der Waals surface area (Å²) < 4.78 is 1.35. The fourth-order valence-electron chi connectivity index (χ4n) is 1.98. The van der Waals surface area contributed by atoms with E-state index >= 15 is 0 Å². The molecule has 1 aromatic carbocycles. The monoisotopic (exact) mass is 231 g/mol. The number of hydrogen-bond donors (Lipinski definition) is 1. The third-order valence-corrected chi connectivity index (χ3v) is 3.70. The summed E-state index contributed by atoms with van der Waals surface area (Å²) in [5, 5.41) is 7.08. The van der Waals surface area contributed by atoms with E-state index in [4.69, 9.17) is 0 Å². The topological polar surface area (TPSA) is 12.0 Å². The molecule has 2 rings (SSSR count). The van der Waals surface area contributed by atoms with Crippen molar-refractivity contribution in [1.29, 1.82) is 0 Å². The van der Waals surface area contributed by atoms with Crippen LogP contribution in [0.2, 0.25) is 0 Å². The molecule has 2 heteroatoms. The maximum atomic E-state index is 4.08. The van der Waals surface area contributed by atoms with Gasteiger partial charge in [-0.15, -0.1) is 11.3 Å². The van der Waals surface area contributed by atoms with Gasteiger partial charge in [-0.3, -0.25) is 0 Å². The Kier molecular flexibility index (Phi) is 3.42. The van der Waals surface area contributed by atoms with E-state index in [0.29, 0.717) is 0 Å². The largest absolute Gasteiger partial charge is 0.307 e. The van der Waals surface area contributed by atoms with Crippen molar-refractivity contribution in [2.75, 3.05) is 6.54 Å². The Labute approximate surface area is 101 Å². The fraction of sp³-hybridized carbons (Fsp3) is 0.286. The average Bonchev–Trinajstić information content (AvgIpc) is 2.69. The number of rotatable bonds is 4. The van der Waals surface area contributed by atoms with Gasteiger partial charge in [-0.1, -0.05) is 37.3 Å². The van der Waals surface area contributed by atoms with Crippen LogP contribution in [0.15, 0.2) is 41.8 Å². The van der Waals surface area contributed by atoms with E-state index in [1.165, 1.54) is 21.2 Å². The van der Waals surface area contributed by atoms with E-state index in [9.17, 15) is 0 Å². The Morgan fingerprint density at radius 2 is 2.19 bits per heavy atom. The van der Waals surface area contributed by atoms with Crippen molar-refractivity contribution in [3.05, 3.63) is 47.4 Å². The molecule has 0 saturated carbocycles. The van der Waals surface area contributed by atoms with Crippen LogP contribution in [0.5, 0.6) is 0 Å². The molecule has 84 valence electrons. The second-order valence-electron chi connectivity index (χ2n) is 4.02. The minimum absolute atomic E-state index is 0.279. The first kappa shape index (κ1) is 11.4. The lowest BCUT2D eigenvalue weighted by molar-refractivity contribution is 0.626. The van der Waals surface area contributed by atoms with E-state index in [-0.39, 0.29) is 6.04 Å². The molecule has 1 N–H and O–H groups in total. The van der Waals surface area contributed by atoms with E-state index in [1.807, 2.05) is 0 Å². The van der Waals surface area contributed by atoms with Gasteiger partial charge < -0.3 is 5.32 Å². The zero-order valence-electron chi connectivity index (χ0n) is 9.79. The number of likely N-dealkylation sites (N-methyl/N-ethyl adjacent to an activating group) is 1. The molecule has 1 nitrogen and oxygen atoms in total. The highest BCUT2D eigenvalue weighted by molar-refractivity contribution is 7.17. The van der Waals surface area contributed by atoms with Gasteiger partial charge in [0.05, 0.1) is 6.04 Å². The van der Waals surface area contributed by atoms with Crippen molar-refractivity contribution in [1.82, 2.24) is 5.32 Å². The lowest BCUT2D eigenvalue weighted by Crippen LogP contribution is -2.21. The normalized spacial score (nSPS) is 12.9. The number of hydrogen-bond acceptors (Lipinski definition) is 2. The van der Waals surface area contributed by atoms with Crippen LogP contribution in [0.25, 0.3) is 10.1 Å².